The zero-order valence-electron chi connectivity index (χ0n) is 18.5. The van der Waals surface area contributed by atoms with Crippen molar-refractivity contribution in [1.29, 1.82) is 0 Å². The first-order valence-electron chi connectivity index (χ1n) is 10.5. The number of rotatable bonds is 6. The molecule has 7 nitrogen and oxygen atoms in total. The van der Waals surface area contributed by atoms with Crippen molar-refractivity contribution in [2.75, 3.05) is 10.6 Å². The maximum atomic E-state index is 12.3. The van der Waals surface area contributed by atoms with E-state index in [4.69, 9.17) is 32.7 Å². The molecule has 176 valence electrons. The molecule has 0 aliphatic carbocycles. The summed E-state index contributed by atoms with van der Waals surface area (Å²) in [6.07, 6.45) is 4.30. The van der Waals surface area contributed by atoms with Gasteiger partial charge in [-0.3, -0.25) is 14.9 Å². The molecular formula is C26H20ClN3O4S. The van der Waals surface area contributed by atoms with Gasteiger partial charge in [0.15, 0.2) is 10.9 Å². The second-order valence-electron chi connectivity index (χ2n) is 7.45. The maximum absolute atomic E-state index is 12.3. The molecule has 0 saturated carbocycles. The minimum absolute atomic E-state index is 0.110. The molecule has 0 saturated heterocycles. The predicted molar refractivity (Wildman–Crippen MR) is 140 cm³/mol. The van der Waals surface area contributed by atoms with E-state index in [1.807, 2.05) is 31.2 Å². The standard InChI is InChI=1S/C26H20ClN3O4S/c1-16-4-9-19(28-25(32)23-3-2-14-33-23)15-21(16)29-26(35)30-24(31)13-11-20-10-12-22(34-20)17-5-7-18(27)8-6-17/h2-15H,1H3,(H,28,32)(H2,29,30,31,35)/b13-11+. The third-order valence-corrected chi connectivity index (χ3v) is 5.34. The summed E-state index contributed by atoms with van der Waals surface area (Å²) in [5.74, 6) is 0.578. The Morgan fingerprint density at radius 3 is 2.54 bits per heavy atom. The Labute approximate surface area is 211 Å². The molecule has 35 heavy (non-hydrogen) atoms. The van der Waals surface area contributed by atoms with Crippen molar-refractivity contribution in [2.45, 2.75) is 6.92 Å². The molecule has 0 spiro atoms. The van der Waals surface area contributed by atoms with Gasteiger partial charge in [0.25, 0.3) is 5.91 Å². The van der Waals surface area contributed by atoms with Gasteiger partial charge < -0.3 is 19.5 Å². The highest BCUT2D eigenvalue weighted by atomic mass is 35.5. The topological polar surface area (TPSA) is 96.5 Å². The monoisotopic (exact) mass is 505 g/mol. The minimum Gasteiger partial charge on any atom is -0.459 e. The molecule has 2 heterocycles. The molecule has 0 aliphatic rings. The average molecular weight is 506 g/mol. The van der Waals surface area contributed by atoms with E-state index in [1.54, 1.807) is 48.5 Å². The highest BCUT2D eigenvalue weighted by Crippen LogP contribution is 2.24. The molecule has 0 bridgehead atoms. The van der Waals surface area contributed by atoms with E-state index in [0.717, 1.165) is 11.1 Å². The fraction of sp³-hybridized carbons (Fsp3) is 0.0385. The number of amides is 2. The number of carbonyl (C=O) groups is 2. The van der Waals surface area contributed by atoms with Crippen LogP contribution >= 0.6 is 23.8 Å². The fourth-order valence-corrected chi connectivity index (χ4v) is 3.45. The van der Waals surface area contributed by atoms with Crippen LogP contribution in [0.15, 0.2) is 87.9 Å². The van der Waals surface area contributed by atoms with Crippen LogP contribution in [-0.2, 0) is 4.79 Å². The van der Waals surface area contributed by atoms with Crippen molar-refractivity contribution in [2.24, 2.45) is 0 Å². The summed E-state index contributed by atoms with van der Waals surface area (Å²) in [6.45, 7) is 1.87. The van der Waals surface area contributed by atoms with Crippen LogP contribution in [0.3, 0.4) is 0 Å². The van der Waals surface area contributed by atoms with Crippen LogP contribution in [0.4, 0.5) is 11.4 Å². The first-order valence-corrected chi connectivity index (χ1v) is 11.3. The van der Waals surface area contributed by atoms with Gasteiger partial charge in [0, 0.05) is 28.0 Å². The largest absolute Gasteiger partial charge is 0.459 e. The minimum atomic E-state index is -0.424. The van der Waals surface area contributed by atoms with Gasteiger partial charge in [-0.15, -0.1) is 0 Å². The van der Waals surface area contributed by atoms with E-state index in [1.165, 1.54) is 12.3 Å². The van der Waals surface area contributed by atoms with Crippen molar-refractivity contribution < 1.29 is 18.4 Å². The first-order chi connectivity index (χ1) is 16.9. The van der Waals surface area contributed by atoms with Crippen LogP contribution in [0.2, 0.25) is 5.02 Å². The predicted octanol–water partition coefficient (Wildman–Crippen LogP) is 6.28. The Morgan fingerprint density at radius 1 is 1.00 bits per heavy atom. The van der Waals surface area contributed by atoms with Gasteiger partial charge in [0.1, 0.15) is 11.5 Å². The van der Waals surface area contributed by atoms with Gasteiger partial charge in [0.05, 0.1) is 6.26 Å². The molecule has 0 atom stereocenters. The molecule has 0 fully saturated rings. The number of hydrogen-bond donors (Lipinski definition) is 3. The van der Waals surface area contributed by atoms with E-state index < -0.39 is 5.91 Å². The molecule has 9 heteroatoms. The highest BCUT2D eigenvalue weighted by Gasteiger charge is 2.11. The normalized spacial score (nSPS) is 10.8. The van der Waals surface area contributed by atoms with Crippen LogP contribution in [0.25, 0.3) is 17.4 Å². The van der Waals surface area contributed by atoms with Crippen molar-refractivity contribution in [3.63, 3.8) is 0 Å². The number of thiocarbonyl (C=S) groups is 1. The van der Waals surface area contributed by atoms with Crippen molar-refractivity contribution >= 4 is 58.2 Å². The number of hydrogen-bond acceptors (Lipinski definition) is 5. The van der Waals surface area contributed by atoms with Crippen LogP contribution < -0.4 is 16.0 Å². The summed E-state index contributed by atoms with van der Waals surface area (Å²) in [7, 11) is 0. The first kappa shape index (κ1) is 24.0. The van der Waals surface area contributed by atoms with Crippen LogP contribution in [0.1, 0.15) is 21.9 Å². The molecule has 2 aromatic carbocycles. The molecule has 2 amide bonds. The summed E-state index contributed by atoms with van der Waals surface area (Å²) in [5.41, 5.74) is 2.93. The lowest BCUT2D eigenvalue weighted by Crippen LogP contribution is -2.33. The molecule has 0 radical (unpaired) electrons. The number of aryl methyl sites for hydroxylation is 1. The zero-order chi connectivity index (χ0) is 24.8. The fourth-order valence-electron chi connectivity index (χ4n) is 3.11. The van der Waals surface area contributed by atoms with E-state index in [0.29, 0.717) is 27.9 Å². The highest BCUT2D eigenvalue weighted by molar-refractivity contribution is 7.80. The molecule has 4 rings (SSSR count). The summed E-state index contributed by atoms with van der Waals surface area (Å²) < 4.78 is 10.8. The Bertz CT molecular complexity index is 1390. The molecule has 2 aromatic heterocycles. The number of halogens is 1. The molecule has 4 aromatic rings. The van der Waals surface area contributed by atoms with Gasteiger partial charge in [-0.25, -0.2) is 0 Å². The number of benzene rings is 2. The number of nitrogens with one attached hydrogen (secondary N) is 3. The third-order valence-electron chi connectivity index (χ3n) is 4.88. The Morgan fingerprint density at radius 2 is 1.80 bits per heavy atom. The Hall–Kier alpha value is -4.14. The average Bonchev–Trinajstić information content (AvgIpc) is 3.53. The molecule has 3 N–H and O–H groups in total. The van der Waals surface area contributed by atoms with Crippen molar-refractivity contribution in [1.82, 2.24) is 5.32 Å². The van der Waals surface area contributed by atoms with Gasteiger partial charge in [-0.1, -0.05) is 17.7 Å². The quantitative estimate of drug-likeness (QED) is 0.211. The number of furan rings is 2. The van der Waals surface area contributed by atoms with Gasteiger partial charge in [0.2, 0.25) is 5.91 Å². The molecule has 0 aliphatic heterocycles. The molecule has 0 unspecified atom stereocenters. The third kappa shape index (κ3) is 6.47. The molecular weight excluding hydrogens is 486 g/mol. The number of anilines is 2. The Kier molecular flexibility index (Phi) is 7.45. The summed E-state index contributed by atoms with van der Waals surface area (Å²) in [6, 6.07) is 19.3. The zero-order valence-corrected chi connectivity index (χ0v) is 20.1. The van der Waals surface area contributed by atoms with Crippen LogP contribution in [-0.4, -0.2) is 16.9 Å². The van der Waals surface area contributed by atoms with Crippen molar-refractivity contribution in [3.8, 4) is 11.3 Å². The lowest BCUT2D eigenvalue weighted by molar-refractivity contribution is -0.115. The van der Waals surface area contributed by atoms with Gasteiger partial charge in [-0.2, -0.15) is 0 Å². The maximum Gasteiger partial charge on any atom is 0.291 e. The van der Waals surface area contributed by atoms with Crippen LogP contribution in [0.5, 0.6) is 0 Å². The summed E-state index contributed by atoms with van der Waals surface area (Å²) in [4.78, 5) is 24.5. The van der Waals surface area contributed by atoms with Gasteiger partial charge >= 0.3 is 0 Å². The van der Waals surface area contributed by atoms with E-state index >= 15 is 0 Å². The van der Waals surface area contributed by atoms with E-state index in [-0.39, 0.29) is 16.8 Å². The lowest BCUT2D eigenvalue weighted by atomic mass is 10.2. The van der Waals surface area contributed by atoms with Crippen molar-refractivity contribution in [3.05, 3.63) is 101 Å². The second-order valence-corrected chi connectivity index (χ2v) is 8.29. The SMILES string of the molecule is Cc1ccc(NC(=O)c2ccco2)cc1NC(=S)NC(=O)/C=C/c1ccc(-c2ccc(Cl)cc2)o1. The smallest absolute Gasteiger partial charge is 0.291 e. The van der Waals surface area contributed by atoms with E-state index in [9.17, 15) is 9.59 Å². The lowest BCUT2D eigenvalue weighted by Gasteiger charge is -2.13. The number of carbonyl (C=O) groups excluding carboxylic acids is 2. The van der Waals surface area contributed by atoms with Gasteiger partial charge in [-0.05, 0) is 91.4 Å². The Balaban J connectivity index is 1.33. The summed E-state index contributed by atoms with van der Waals surface area (Å²) >= 11 is 11.2. The second kappa shape index (κ2) is 10.9. The van der Waals surface area contributed by atoms with Crippen LogP contribution in [0, 0.1) is 6.92 Å². The van der Waals surface area contributed by atoms with E-state index in [2.05, 4.69) is 16.0 Å². The summed E-state index contributed by atoms with van der Waals surface area (Å²) in [5, 5.41) is 9.06.